The van der Waals surface area contributed by atoms with E-state index in [-0.39, 0.29) is 32.5 Å². The Bertz CT molecular complexity index is 1180. The summed E-state index contributed by atoms with van der Waals surface area (Å²) in [5.41, 5.74) is 1.26. The number of para-hydroxylation sites is 2. The topological polar surface area (TPSA) is 118 Å². The number of hydrogen-bond donors (Lipinski definition) is 2. The van der Waals surface area contributed by atoms with Crippen molar-refractivity contribution >= 4 is 11.9 Å². The number of unbranched alkanes of at least 4 members (excludes halogenated alkanes) is 2. The van der Waals surface area contributed by atoms with E-state index in [9.17, 15) is 19.8 Å². The van der Waals surface area contributed by atoms with Crippen molar-refractivity contribution in [1.29, 1.82) is 0 Å². The van der Waals surface area contributed by atoms with E-state index in [1.54, 1.807) is 31.4 Å². The molecule has 2 aromatic rings. The van der Waals surface area contributed by atoms with Gasteiger partial charge in [0.25, 0.3) is 0 Å². The van der Waals surface area contributed by atoms with Gasteiger partial charge < -0.3 is 34.1 Å². The molecule has 1 amide bonds. The van der Waals surface area contributed by atoms with Crippen LogP contribution >= 0.6 is 0 Å². The average Bonchev–Trinajstić information content (AvgIpc) is 3.60. The minimum atomic E-state index is -0.976. The number of ether oxygens (including phenoxy) is 4. The summed E-state index contributed by atoms with van der Waals surface area (Å²) in [4.78, 5) is 30.3. The minimum absolute atomic E-state index is 0.0132. The Morgan fingerprint density at radius 3 is 2.41 bits per heavy atom. The van der Waals surface area contributed by atoms with Gasteiger partial charge in [-0.2, -0.15) is 0 Å². The van der Waals surface area contributed by atoms with Crippen LogP contribution in [-0.4, -0.2) is 84.6 Å². The van der Waals surface area contributed by atoms with Crippen LogP contribution in [0.25, 0.3) is 0 Å². The number of aliphatic hydroxyl groups excluding tert-OH is 1. The van der Waals surface area contributed by atoms with E-state index in [2.05, 4.69) is 13.8 Å². The number of carbonyl (C=O) groups excluding carboxylic acids is 1. The molecule has 2 N–H and O–H groups in total. The fourth-order valence-corrected chi connectivity index (χ4v) is 5.72. The molecule has 3 atom stereocenters. The van der Waals surface area contributed by atoms with Gasteiger partial charge in [-0.15, -0.1) is 0 Å². The minimum Gasteiger partial charge on any atom is -0.493 e. The monoisotopic (exact) mass is 570 g/mol. The first-order valence-corrected chi connectivity index (χ1v) is 14.4. The van der Waals surface area contributed by atoms with Crippen molar-refractivity contribution in [2.24, 2.45) is 5.92 Å². The second-order valence-electron chi connectivity index (χ2n) is 10.6. The van der Waals surface area contributed by atoms with Crippen LogP contribution in [0.4, 0.5) is 0 Å². The summed E-state index contributed by atoms with van der Waals surface area (Å²) in [7, 11) is 1.55. The van der Waals surface area contributed by atoms with Crippen LogP contribution in [0.3, 0.4) is 0 Å². The molecule has 10 heteroatoms. The van der Waals surface area contributed by atoms with E-state index in [4.69, 9.17) is 18.9 Å². The lowest BCUT2D eigenvalue weighted by Gasteiger charge is -2.29. The number of carbonyl (C=O) groups is 2. The van der Waals surface area contributed by atoms with Gasteiger partial charge in [-0.3, -0.25) is 14.5 Å². The van der Waals surface area contributed by atoms with Crippen LogP contribution in [0, 0.1) is 5.92 Å². The zero-order valence-electron chi connectivity index (χ0n) is 24.2. The first kappa shape index (κ1) is 30.5. The summed E-state index contributed by atoms with van der Waals surface area (Å²) in [6.45, 7) is 5.82. The fraction of sp³-hybridized carbons (Fsp3) is 0.548. The van der Waals surface area contributed by atoms with Crippen LogP contribution in [0.5, 0.6) is 23.0 Å². The predicted octanol–water partition coefficient (Wildman–Crippen LogP) is 3.89. The number of carboxylic acids is 1. The summed E-state index contributed by atoms with van der Waals surface area (Å²) >= 11 is 0. The molecule has 2 heterocycles. The van der Waals surface area contributed by atoms with Crippen LogP contribution < -0.4 is 18.9 Å². The molecule has 2 aliphatic heterocycles. The lowest BCUT2D eigenvalue weighted by molar-refractivity contribution is -0.144. The zero-order valence-corrected chi connectivity index (χ0v) is 24.2. The predicted molar refractivity (Wildman–Crippen MR) is 153 cm³/mol. The molecule has 0 bridgehead atoms. The van der Waals surface area contributed by atoms with Gasteiger partial charge in [0.2, 0.25) is 12.7 Å². The van der Waals surface area contributed by atoms with Crippen LogP contribution in [-0.2, 0) is 16.2 Å². The second kappa shape index (κ2) is 14.4. The molecule has 1 saturated heterocycles. The van der Waals surface area contributed by atoms with E-state index in [0.29, 0.717) is 48.2 Å². The third-order valence-corrected chi connectivity index (χ3v) is 7.94. The molecular weight excluding hydrogens is 528 g/mol. The van der Waals surface area contributed by atoms with Gasteiger partial charge in [-0.25, -0.2) is 0 Å². The number of amides is 1. The highest BCUT2D eigenvalue weighted by Gasteiger charge is 2.48. The molecule has 2 aromatic carbocycles. The lowest BCUT2D eigenvalue weighted by atomic mass is 9.84. The molecule has 4 rings (SSSR count). The quantitative estimate of drug-likeness (QED) is 0.329. The normalized spacial score (nSPS) is 19.8. The Labute approximate surface area is 241 Å². The number of nitrogens with zero attached hydrogens (tertiary/aromatic N) is 2. The van der Waals surface area contributed by atoms with Crippen molar-refractivity contribution in [3.05, 3.63) is 47.5 Å². The molecule has 0 radical (unpaired) electrons. The van der Waals surface area contributed by atoms with Crippen molar-refractivity contribution in [2.45, 2.75) is 58.1 Å². The Hall–Kier alpha value is -3.50. The number of aliphatic hydroxyl groups is 1. The Balaban J connectivity index is 1.66. The van der Waals surface area contributed by atoms with E-state index in [1.165, 1.54) is 0 Å². The maximum atomic E-state index is 13.6. The van der Waals surface area contributed by atoms with Gasteiger partial charge in [0, 0.05) is 31.1 Å². The molecule has 41 heavy (non-hydrogen) atoms. The van der Waals surface area contributed by atoms with Gasteiger partial charge in [-0.05, 0) is 42.7 Å². The highest BCUT2D eigenvalue weighted by atomic mass is 16.7. The highest BCUT2D eigenvalue weighted by molar-refractivity contribution is 5.79. The number of hydrogen-bond acceptors (Lipinski definition) is 8. The third-order valence-electron chi connectivity index (χ3n) is 7.94. The molecular formula is C31H42N2O8. The van der Waals surface area contributed by atoms with Gasteiger partial charge in [0.05, 0.1) is 32.2 Å². The van der Waals surface area contributed by atoms with Crippen molar-refractivity contribution in [2.75, 3.05) is 46.7 Å². The number of methoxy groups -OCH3 is 1. The molecule has 0 unspecified atom stereocenters. The summed E-state index contributed by atoms with van der Waals surface area (Å²) in [5, 5.41) is 20.5. The maximum absolute atomic E-state index is 13.6. The smallest absolute Gasteiger partial charge is 0.308 e. The average molecular weight is 571 g/mol. The van der Waals surface area contributed by atoms with E-state index in [0.717, 1.165) is 31.2 Å². The summed E-state index contributed by atoms with van der Waals surface area (Å²) < 4.78 is 22.7. The lowest BCUT2D eigenvalue weighted by Crippen LogP contribution is -2.46. The van der Waals surface area contributed by atoms with E-state index < -0.39 is 23.8 Å². The number of fused-ring (bicyclic) bond motifs is 1. The molecule has 0 saturated carbocycles. The van der Waals surface area contributed by atoms with Crippen LogP contribution in [0.15, 0.2) is 36.4 Å². The first-order valence-electron chi connectivity index (χ1n) is 14.4. The SMILES string of the molecule is CCCCN(CCCC)C(=O)CN1C[C@H](c2cc(CO)c3c(c2)OCO3)[C@@H](C(=O)O)[C@@H]1COc1ccccc1OC. The molecule has 2 aliphatic rings. The molecule has 224 valence electrons. The fourth-order valence-electron chi connectivity index (χ4n) is 5.72. The Morgan fingerprint density at radius 2 is 1.78 bits per heavy atom. The third kappa shape index (κ3) is 7.05. The Morgan fingerprint density at radius 1 is 1.07 bits per heavy atom. The van der Waals surface area contributed by atoms with Crippen LogP contribution in [0.2, 0.25) is 0 Å². The van der Waals surface area contributed by atoms with Gasteiger partial charge in [0.15, 0.2) is 23.0 Å². The summed E-state index contributed by atoms with van der Waals surface area (Å²) in [6.07, 6.45) is 3.79. The van der Waals surface area contributed by atoms with Crippen LogP contribution in [0.1, 0.15) is 56.6 Å². The first-order chi connectivity index (χ1) is 19.9. The molecule has 0 aromatic heterocycles. The Kier molecular flexibility index (Phi) is 10.7. The largest absolute Gasteiger partial charge is 0.493 e. The van der Waals surface area contributed by atoms with Crippen molar-refractivity contribution in [3.8, 4) is 23.0 Å². The number of likely N-dealkylation sites (tertiary alicyclic amines) is 1. The number of benzene rings is 2. The summed E-state index contributed by atoms with van der Waals surface area (Å²) in [5.74, 6) is -0.312. The standard InChI is InChI=1S/C31H42N2O8/c1-4-6-12-32(13-7-5-2)28(35)17-33-16-23(21-14-22(18-34)30-27(15-21)40-20-41-30)29(31(36)37)24(33)19-39-26-11-9-8-10-25(26)38-3/h8-11,14-15,23-24,29,34H,4-7,12-13,16-20H2,1-3H3,(H,36,37)/t23-,24+,29-/m1/s1. The molecule has 10 nitrogen and oxygen atoms in total. The van der Waals surface area contributed by atoms with Gasteiger partial charge in [0.1, 0.15) is 6.61 Å². The number of aliphatic carboxylic acids is 1. The number of carboxylic acid groups (broad SMARTS) is 1. The maximum Gasteiger partial charge on any atom is 0.308 e. The van der Waals surface area contributed by atoms with Crippen molar-refractivity contribution in [1.82, 2.24) is 9.80 Å². The van der Waals surface area contributed by atoms with Crippen molar-refractivity contribution < 1.29 is 38.7 Å². The van der Waals surface area contributed by atoms with E-state index in [1.807, 2.05) is 21.9 Å². The van der Waals surface area contributed by atoms with E-state index >= 15 is 0 Å². The second-order valence-corrected chi connectivity index (χ2v) is 10.6. The van der Waals surface area contributed by atoms with Gasteiger partial charge >= 0.3 is 5.97 Å². The molecule has 1 fully saturated rings. The summed E-state index contributed by atoms with van der Waals surface area (Å²) in [6, 6.07) is 10.2. The molecule has 0 aliphatic carbocycles. The van der Waals surface area contributed by atoms with Gasteiger partial charge in [-0.1, -0.05) is 38.8 Å². The van der Waals surface area contributed by atoms with Crippen molar-refractivity contribution in [3.63, 3.8) is 0 Å². The zero-order chi connectivity index (χ0) is 29.4. The molecule has 0 spiro atoms. The number of rotatable bonds is 15. The highest BCUT2D eigenvalue weighted by Crippen LogP contribution is 2.44.